The van der Waals surface area contributed by atoms with Crippen molar-refractivity contribution >= 4 is 120 Å². The van der Waals surface area contributed by atoms with E-state index >= 15 is 0 Å². The predicted molar refractivity (Wildman–Crippen MR) is 241 cm³/mol. The summed E-state index contributed by atoms with van der Waals surface area (Å²) in [6.07, 6.45) is 0. The fourth-order valence-electron chi connectivity index (χ4n) is 8.64. The molecule has 4 nitrogen and oxygen atoms in total. The molecule has 0 bridgehead atoms. The van der Waals surface area contributed by atoms with E-state index < -0.39 is 0 Å². The van der Waals surface area contributed by atoms with E-state index in [4.69, 9.17) is 8.83 Å². The van der Waals surface area contributed by atoms with Crippen molar-refractivity contribution in [2.75, 3.05) is 9.80 Å². The van der Waals surface area contributed by atoms with Gasteiger partial charge in [0, 0.05) is 70.2 Å². The summed E-state index contributed by atoms with van der Waals surface area (Å²) in [5.41, 5.74) is 9.69. The molecule has 0 unspecified atom stereocenters. The van der Waals surface area contributed by atoms with Gasteiger partial charge in [0.05, 0.1) is 5.69 Å². The highest BCUT2D eigenvalue weighted by molar-refractivity contribution is 7.25. The lowest BCUT2D eigenvalue weighted by molar-refractivity contribution is 0.669. The number of rotatable bonds is 6. The van der Waals surface area contributed by atoms with Gasteiger partial charge in [-0.05, 0) is 102 Å². The predicted octanol–water partition coefficient (Wildman–Crippen LogP) is 15.9. The van der Waals surface area contributed by atoms with Crippen molar-refractivity contribution in [1.29, 1.82) is 0 Å². The Labute approximate surface area is 331 Å². The van der Waals surface area contributed by atoms with Gasteiger partial charge >= 0.3 is 0 Å². The van der Waals surface area contributed by atoms with Crippen molar-refractivity contribution in [1.82, 2.24) is 0 Å². The number of hydrogen-bond acceptors (Lipinski definition) is 5. The van der Waals surface area contributed by atoms with E-state index in [1.165, 1.54) is 20.2 Å². The molecule has 0 atom stereocenters. The van der Waals surface area contributed by atoms with Crippen LogP contribution in [-0.2, 0) is 0 Å². The molecule has 57 heavy (non-hydrogen) atoms. The topological polar surface area (TPSA) is 32.8 Å². The first-order valence-electron chi connectivity index (χ1n) is 19.2. The Hall–Kier alpha value is -7.34. The van der Waals surface area contributed by atoms with E-state index in [-0.39, 0.29) is 0 Å². The molecule has 0 aliphatic carbocycles. The van der Waals surface area contributed by atoms with Crippen molar-refractivity contribution in [3.63, 3.8) is 0 Å². The monoisotopic (exact) mass is 748 g/mol. The molecule has 9 aromatic carbocycles. The third kappa shape index (κ3) is 5.06. The molecule has 12 aromatic rings. The summed E-state index contributed by atoms with van der Waals surface area (Å²) in [6, 6.07) is 68.9. The van der Waals surface area contributed by atoms with Crippen LogP contribution in [-0.4, -0.2) is 0 Å². The van der Waals surface area contributed by atoms with E-state index in [9.17, 15) is 0 Å². The highest BCUT2D eigenvalue weighted by Gasteiger charge is 2.24. The van der Waals surface area contributed by atoms with Crippen LogP contribution in [0.5, 0.6) is 0 Å². The van der Waals surface area contributed by atoms with Crippen molar-refractivity contribution in [2.24, 2.45) is 0 Å². The van der Waals surface area contributed by atoms with Crippen LogP contribution in [0.1, 0.15) is 0 Å². The van der Waals surface area contributed by atoms with Crippen molar-refractivity contribution < 1.29 is 8.83 Å². The van der Waals surface area contributed by atoms with Gasteiger partial charge in [0.15, 0.2) is 5.58 Å². The second kappa shape index (κ2) is 12.6. The first kappa shape index (κ1) is 32.0. The van der Waals surface area contributed by atoms with Gasteiger partial charge in [-0.25, -0.2) is 0 Å². The van der Waals surface area contributed by atoms with E-state index in [0.717, 1.165) is 88.8 Å². The van der Waals surface area contributed by atoms with E-state index in [2.05, 4.69) is 192 Å². The molecule has 0 fully saturated rings. The largest absolute Gasteiger partial charge is 0.456 e. The number of para-hydroxylation sites is 3. The van der Waals surface area contributed by atoms with Crippen molar-refractivity contribution in [3.8, 4) is 0 Å². The summed E-state index contributed by atoms with van der Waals surface area (Å²) in [6.45, 7) is 0. The van der Waals surface area contributed by atoms with Crippen LogP contribution in [0.25, 0.3) is 74.8 Å². The third-order valence-electron chi connectivity index (χ3n) is 11.2. The normalized spacial score (nSPS) is 11.9. The maximum Gasteiger partial charge on any atom is 0.160 e. The molecule has 0 N–H and O–H groups in total. The Morgan fingerprint density at radius 2 is 0.895 bits per heavy atom. The van der Waals surface area contributed by atoms with Gasteiger partial charge < -0.3 is 18.6 Å². The average molecular weight is 749 g/mol. The van der Waals surface area contributed by atoms with Crippen LogP contribution >= 0.6 is 11.3 Å². The van der Waals surface area contributed by atoms with Gasteiger partial charge in [-0.1, -0.05) is 103 Å². The summed E-state index contributed by atoms with van der Waals surface area (Å²) < 4.78 is 15.8. The van der Waals surface area contributed by atoms with E-state index in [1.54, 1.807) is 0 Å². The Bertz CT molecular complexity index is 3490. The number of benzene rings is 9. The van der Waals surface area contributed by atoms with Crippen LogP contribution in [0.2, 0.25) is 0 Å². The van der Waals surface area contributed by atoms with Gasteiger partial charge in [-0.15, -0.1) is 11.3 Å². The highest BCUT2D eigenvalue weighted by atomic mass is 32.1. The Morgan fingerprint density at radius 3 is 1.70 bits per heavy atom. The lowest BCUT2D eigenvalue weighted by atomic mass is 10.0. The Balaban J connectivity index is 1.10. The van der Waals surface area contributed by atoms with Crippen LogP contribution < -0.4 is 9.80 Å². The maximum absolute atomic E-state index is 7.02. The van der Waals surface area contributed by atoms with Crippen LogP contribution in [0.15, 0.2) is 203 Å². The van der Waals surface area contributed by atoms with Gasteiger partial charge in [0.1, 0.15) is 16.7 Å². The van der Waals surface area contributed by atoms with Gasteiger partial charge in [-0.3, -0.25) is 0 Å². The average Bonchev–Trinajstić information content (AvgIpc) is 3.96. The van der Waals surface area contributed by atoms with Gasteiger partial charge in [-0.2, -0.15) is 0 Å². The second-order valence-electron chi connectivity index (χ2n) is 14.5. The smallest absolute Gasteiger partial charge is 0.160 e. The number of hydrogen-bond donors (Lipinski definition) is 0. The molecule has 0 saturated carbocycles. The zero-order valence-corrected chi connectivity index (χ0v) is 31.4. The zero-order chi connectivity index (χ0) is 37.5. The first-order valence-corrected chi connectivity index (χ1v) is 20.0. The number of thiophene rings is 1. The molecule has 5 heteroatoms. The molecule has 3 heterocycles. The minimum Gasteiger partial charge on any atom is -0.456 e. The molecule has 3 aromatic heterocycles. The van der Waals surface area contributed by atoms with Gasteiger partial charge in [0.2, 0.25) is 0 Å². The minimum atomic E-state index is 0.833. The summed E-state index contributed by atoms with van der Waals surface area (Å²) >= 11 is 1.84. The molecule has 0 spiro atoms. The third-order valence-corrected chi connectivity index (χ3v) is 12.3. The number of fused-ring (bicyclic) bond motifs is 11. The van der Waals surface area contributed by atoms with E-state index in [0.29, 0.717) is 0 Å². The quantitative estimate of drug-likeness (QED) is 0.170. The molecule has 0 radical (unpaired) electrons. The molecular formula is C52H32N2O2S. The lowest BCUT2D eigenvalue weighted by Crippen LogP contribution is -2.10. The number of anilines is 6. The SMILES string of the molecule is c1ccc(N(c2ccc3c(c2)sc2ccccc23)c2ccc3oc4c(N(c5ccccc5)c5ccc6oc7ccccc7c6c5)cc5ccccc5c4c3c2)cc1. The Morgan fingerprint density at radius 1 is 0.333 bits per heavy atom. The van der Waals surface area contributed by atoms with Crippen LogP contribution in [0.3, 0.4) is 0 Å². The molecule has 0 saturated heterocycles. The summed E-state index contributed by atoms with van der Waals surface area (Å²) in [5.74, 6) is 0. The zero-order valence-electron chi connectivity index (χ0n) is 30.6. The fraction of sp³-hybridized carbons (Fsp3) is 0. The van der Waals surface area contributed by atoms with E-state index in [1.807, 2.05) is 23.5 Å². The lowest BCUT2D eigenvalue weighted by Gasteiger charge is -2.26. The summed E-state index contributed by atoms with van der Waals surface area (Å²) in [4.78, 5) is 4.67. The second-order valence-corrected chi connectivity index (χ2v) is 15.6. The first-order chi connectivity index (χ1) is 28.2. The molecule has 0 amide bonds. The minimum absolute atomic E-state index is 0.833. The summed E-state index contributed by atoms with van der Waals surface area (Å²) in [7, 11) is 0. The molecule has 0 aliphatic rings. The molecule has 268 valence electrons. The molecule has 0 aliphatic heterocycles. The van der Waals surface area contributed by atoms with Crippen molar-refractivity contribution in [3.05, 3.63) is 194 Å². The standard InChI is InChI=1S/C52H32N2O2S/c1-3-14-34(15-4-1)53(38-23-26-42-41-20-10-12-22-49(41)57-50(42)32-38)36-24-28-48-44(31-36)51-39-18-8-7-13-33(39)29-45(52(51)56-48)54(35-16-5-2-6-17-35)37-25-27-47-43(30-37)40-19-9-11-21-46(40)55-47/h1-32H. The fourth-order valence-corrected chi connectivity index (χ4v) is 9.78. The number of furan rings is 2. The van der Waals surface area contributed by atoms with Gasteiger partial charge in [0.25, 0.3) is 0 Å². The molecular weight excluding hydrogens is 717 g/mol. The summed E-state index contributed by atoms with van der Waals surface area (Å²) in [5, 5.41) is 9.19. The number of nitrogens with zero attached hydrogens (tertiary/aromatic N) is 2. The Kier molecular flexibility index (Phi) is 7.06. The highest BCUT2D eigenvalue weighted by Crippen LogP contribution is 2.48. The maximum atomic E-state index is 7.02. The van der Waals surface area contributed by atoms with Crippen LogP contribution in [0.4, 0.5) is 34.1 Å². The molecule has 12 rings (SSSR count). The van der Waals surface area contributed by atoms with Crippen molar-refractivity contribution in [2.45, 2.75) is 0 Å². The van der Waals surface area contributed by atoms with Crippen LogP contribution in [0, 0.1) is 0 Å².